The van der Waals surface area contributed by atoms with Crippen LogP contribution in [0.5, 0.6) is 5.75 Å². The van der Waals surface area contributed by atoms with Crippen LogP contribution in [-0.4, -0.2) is 46.7 Å². The lowest BCUT2D eigenvalue weighted by Gasteiger charge is -2.37. The largest absolute Gasteiger partial charge is 0.481 e. The van der Waals surface area contributed by atoms with Gasteiger partial charge in [0.2, 0.25) is 0 Å². The van der Waals surface area contributed by atoms with E-state index in [1.165, 1.54) is 6.07 Å². The molecule has 0 spiro atoms. The van der Waals surface area contributed by atoms with E-state index in [2.05, 4.69) is 19.8 Å². The van der Waals surface area contributed by atoms with Crippen LogP contribution in [0.3, 0.4) is 0 Å². The van der Waals surface area contributed by atoms with Gasteiger partial charge in [-0.25, -0.2) is 9.97 Å². The van der Waals surface area contributed by atoms with Gasteiger partial charge in [-0.15, -0.1) is 0 Å². The molecule has 0 saturated carbocycles. The van der Waals surface area contributed by atoms with Crippen LogP contribution in [0.15, 0.2) is 30.5 Å². The van der Waals surface area contributed by atoms with E-state index in [1.54, 1.807) is 18.3 Å². The second-order valence-electron chi connectivity index (χ2n) is 7.56. The van der Waals surface area contributed by atoms with E-state index >= 15 is 0 Å². The zero-order valence-electron chi connectivity index (χ0n) is 16.2. The average molecular weight is 371 g/mol. The molecule has 1 aliphatic heterocycles. The van der Waals surface area contributed by atoms with Gasteiger partial charge in [0.05, 0.1) is 4.92 Å². The predicted molar refractivity (Wildman–Crippen MR) is 105 cm³/mol. The molecule has 8 heteroatoms. The Morgan fingerprint density at radius 3 is 2.37 bits per heavy atom. The maximum absolute atomic E-state index is 11.3. The van der Waals surface area contributed by atoms with Crippen molar-refractivity contribution in [1.82, 2.24) is 9.97 Å². The molecule has 1 aromatic carbocycles. The van der Waals surface area contributed by atoms with Crippen LogP contribution in [0.2, 0.25) is 0 Å². The zero-order chi connectivity index (χ0) is 19.6. The van der Waals surface area contributed by atoms with Crippen LogP contribution in [0.1, 0.15) is 26.6 Å². The summed E-state index contributed by atoms with van der Waals surface area (Å²) in [6.07, 6.45) is 1.77. The van der Waals surface area contributed by atoms with Gasteiger partial charge >= 0.3 is 5.69 Å². The number of nitro benzene ring substituents is 1. The van der Waals surface area contributed by atoms with Crippen molar-refractivity contribution in [3.05, 3.63) is 46.4 Å². The fourth-order valence-electron chi connectivity index (χ4n) is 3.08. The molecule has 3 rings (SSSR count). The number of ether oxygens (including phenoxy) is 1. The summed E-state index contributed by atoms with van der Waals surface area (Å²) < 4.78 is 5.83. The van der Waals surface area contributed by atoms with E-state index in [0.717, 1.165) is 43.5 Å². The normalized spacial score (nSPS) is 15.0. The second kappa shape index (κ2) is 7.38. The summed E-state index contributed by atoms with van der Waals surface area (Å²) in [6.45, 7) is 10.8. The van der Waals surface area contributed by atoms with E-state index in [9.17, 15) is 10.1 Å². The van der Waals surface area contributed by atoms with Gasteiger partial charge in [0.25, 0.3) is 0 Å². The molecule has 8 nitrogen and oxygen atoms in total. The van der Waals surface area contributed by atoms with Crippen molar-refractivity contribution < 1.29 is 9.66 Å². The summed E-state index contributed by atoms with van der Waals surface area (Å²) in [5.74, 6) is 2.00. The minimum atomic E-state index is -0.507. The van der Waals surface area contributed by atoms with Crippen molar-refractivity contribution in [2.75, 3.05) is 36.0 Å². The summed E-state index contributed by atoms with van der Waals surface area (Å²) in [6, 6.07) is 7.01. The van der Waals surface area contributed by atoms with Gasteiger partial charge in [0.1, 0.15) is 17.2 Å². The molecule has 2 aromatic rings. The SMILES string of the molecule is Cc1nccc(N2CCN(c3ccc([N+](=O)[O-])c(OC(C)(C)C)c3)CC2)n1. The van der Waals surface area contributed by atoms with Gasteiger partial charge < -0.3 is 14.5 Å². The molecule has 1 fully saturated rings. The highest BCUT2D eigenvalue weighted by atomic mass is 16.6. The molecule has 1 aliphatic rings. The molecule has 0 radical (unpaired) electrons. The fraction of sp³-hybridized carbons (Fsp3) is 0.474. The van der Waals surface area contributed by atoms with Crippen LogP contribution in [-0.2, 0) is 0 Å². The molecule has 0 amide bonds. The maximum Gasteiger partial charge on any atom is 0.311 e. The highest BCUT2D eigenvalue weighted by Gasteiger charge is 2.24. The monoisotopic (exact) mass is 371 g/mol. The van der Waals surface area contributed by atoms with Gasteiger partial charge in [-0.2, -0.15) is 0 Å². The summed E-state index contributed by atoms with van der Waals surface area (Å²) in [5.41, 5.74) is 0.412. The Hall–Kier alpha value is -2.90. The first kappa shape index (κ1) is 18.9. The van der Waals surface area contributed by atoms with E-state index in [0.29, 0.717) is 5.75 Å². The van der Waals surface area contributed by atoms with Crippen LogP contribution in [0.25, 0.3) is 0 Å². The molecule has 1 saturated heterocycles. The molecule has 0 aliphatic carbocycles. The van der Waals surface area contributed by atoms with Crippen LogP contribution < -0.4 is 14.5 Å². The van der Waals surface area contributed by atoms with Crippen molar-refractivity contribution in [2.45, 2.75) is 33.3 Å². The number of anilines is 2. The Kier molecular flexibility index (Phi) is 5.16. The van der Waals surface area contributed by atoms with E-state index in [-0.39, 0.29) is 5.69 Å². The molecule has 0 N–H and O–H groups in total. The molecular weight excluding hydrogens is 346 g/mol. The van der Waals surface area contributed by atoms with Gasteiger partial charge in [0, 0.05) is 50.2 Å². The Morgan fingerprint density at radius 1 is 1.11 bits per heavy atom. The lowest BCUT2D eigenvalue weighted by Crippen LogP contribution is -2.46. The van der Waals surface area contributed by atoms with Crippen molar-refractivity contribution in [3.8, 4) is 5.75 Å². The average Bonchev–Trinajstić information content (AvgIpc) is 2.60. The van der Waals surface area contributed by atoms with Gasteiger partial charge in [-0.1, -0.05) is 0 Å². The predicted octanol–water partition coefficient (Wildman–Crippen LogP) is 3.20. The Bertz CT molecular complexity index is 826. The Balaban J connectivity index is 1.75. The van der Waals surface area contributed by atoms with Crippen molar-refractivity contribution >= 4 is 17.2 Å². The molecule has 0 atom stereocenters. The molecule has 2 heterocycles. The summed E-state index contributed by atoms with van der Waals surface area (Å²) in [4.78, 5) is 24.0. The lowest BCUT2D eigenvalue weighted by molar-refractivity contribution is -0.386. The van der Waals surface area contributed by atoms with E-state index in [4.69, 9.17) is 4.74 Å². The number of nitrogens with zero attached hydrogens (tertiary/aromatic N) is 5. The highest BCUT2D eigenvalue weighted by Crippen LogP contribution is 2.34. The van der Waals surface area contributed by atoms with Crippen LogP contribution in [0, 0.1) is 17.0 Å². The van der Waals surface area contributed by atoms with Gasteiger partial charge in [-0.3, -0.25) is 10.1 Å². The number of aromatic nitrogens is 2. The van der Waals surface area contributed by atoms with E-state index < -0.39 is 10.5 Å². The Morgan fingerprint density at radius 2 is 1.78 bits per heavy atom. The van der Waals surface area contributed by atoms with E-state index in [1.807, 2.05) is 33.8 Å². The number of nitro groups is 1. The smallest absolute Gasteiger partial charge is 0.311 e. The Labute approximate surface area is 158 Å². The summed E-state index contributed by atoms with van der Waals surface area (Å²) >= 11 is 0. The first-order valence-corrected chi connectivity index (χ1v) is 9.00. The third kappa shape index (κ3) is 4.64. The fourth-order valence-corrected chi connectivity index (χ4v) is 3.08. The first-order valence-electron chi connectivity index (χ1n) is 9.00. The standard InChI is InChI=1S/C19H25N5O3/c1-14-20-8-7-18(21-14)23-11-9-22(10-12-23)15-5-6-16(24(25)26)17(13-15)27-19(2,3)4/h5-8,13H,9-12H2,1-4H3. The third-order valence-electron chi connectivity index (χ3n) is 4.29. The molecule has 1 aromatic heterocycles. The van der Waals surface area contributed by atoms with Crippen LogP contribution >= 0.6 is 0 Å². The second-order valence-corrected chi connectivity index (χ2v) is 7.56. The van der Waals surface area contributed by atoms with Gasteiger partial charge in [0.15, 0.2) is 5.75 Å². The number of piperazine rings is 1. The summed E-state index contributed by atoms with van der Waals surface area (Å²) in [7, 11) is 0. The zero-order valence-corrected chi connectivity index (χ0v) is 16.2. The highest BCUT2D eigenvalue weighted by molar-refractivity contribution is 5.60. The minimum Gasteiger partial charge on any atom is -0.481 e. The van der Waals surface area contributed by atoms with Gasteiger partial charge in [-0.05, 0) is 39.8 Å². The number of aryl methyl sites for hydroxylation is 1. The van der Waals surface area contributed by atoms with Crippen molar-refractivity contribution in [1.29, 1.82) is 0 Å². The maximum atomic E-state index is 11.3. The number of benzene rings is 1. The summed E-state index contributed by atoms with van der Waals surface area (Å²) in [5, 5.41) is 11.3. The minimum absolute atomic E-state index is 0.0104. The molecule has 0 unspecified atom stereocenters. The number of hydrogen-bond donors (Lipinski definition) is 0. The number of rotatable bonds is 4. The molecular formula is C19H25N5O3. The quantitative estimate of drug-likeness (QED) is 0.603. The van der Waals surface area contributed by atoms with Crippen molar-refractivity contribution in [3.63, 3.8) is 0 Å². The van der Waals surface area contributed by atoms with Crippen molar-refractivity contribution in [2.24, 2.45) is 0 Å². The van der Waals surface area contributed by atoms with Crippen LogP contribution in [0.4, 0.5) is 17.2 Å². The number of hydrogen-bond acceptors (Lipinski definition) is 7. The molecule has 0 bridgehead atoms. The molecule has 27 heavy (non-hydrogen) atoms. The third-order valence-corrected chi connectivity index (χ3v) is 4.29. The lowest BCUT2D eigenvalue weighted by atomic mass is 10.1. The molecule has 144 valence electrons. The topological polar surface area (TPSA) is 84.6 Å². The first-order chi connectivity index (χ1) is 12.7.